The van der Waals surface area contributed by atoms with Crippen LogP contribution in [-0.4, -0.2) is 0 Å². The summed E-state index contributed by atoms with van der Waals surface area (Å²) in [4.78, 5) is 0. The van der Waals surface area contributed by atoms with Crippen molar-refractivity contribution in [2.24, 2.45) is 11.3 Å². The highest BCUT2D eigenvalue weighted by molar-refractivity contribution is 4.88. The van der Waals surface area contributed by atoms with Gasteiger partial charge in [0.25, 0.3) is 0 Å². The zero-order valence-electron chi connectivity index (χ0n) is 10.9. The van der Waals surface area contributed by atoms with Crippen molar-refractivity contribution in [1.82, 2.24) is 0 Å². The van der Waals surface area contributed by atoms with Crippen LogP contribution >= 0.6 is 0 Å². The summed E-state index contributed by atoms with van der Waals surface area (Å²) in [5.41, 5.74) is 0.432. The fraction of sp³-hybridized carbons (Fsp3) is 0.929. The Morgan fingerprint density at radius 2 is 1.71 bits per heavy atom. The predicted octanol–water partition coefficient (Wildman–Crippen LogP) is 5.23. The van der Waals surface area contributed by atoms with Crippen molar-refractivity contribution >= 4 is 0 Å². The molecular weight excluding hydrogens is 168 g/mol. The van der Waals surface area contributed by atoms with Crippen molar-refractivity contribution in [2.45, 2.75) is 73.1 Å². The van der Waals surface area contributed by atoms with Crippen LogP contribution < -0.4 is 0 Å². The summed E-state index contributed by atoms with van der Waals surface area (Å²) in [6.45, 7) is 11.7. The summed E-state index contributed by atoms with van der Waals surface area (Å²) in [5, 5.41) is 0. The van der Waals surface area contributed by atoms with E-state index in [1.165, 1.54) is 38.5 Å². The van der Waals surface area contributed by atoms with Crippen LogP contribution in [0.5, 0.6) is 0 Å². The standard InChI is InChI=1S/C14H29/c1-6-8-9-10-11-12-14(4,5)13(3)7-2/h12-13H,6-11H2,1-5H3. The van der Waals surface area contributed by atoms with Crippen molar-refractivity contribution in [3.8, 4) is 0 Å². The zero-order valence-corrected chi connectivity index (χ0v) is 10.9. The van der Waals surface area contributed by atoms with Gasteiger partial charge in [-0.15, -0.1) is 0 Å². The van der Waals surface area contributed by atoms with Gasteiger partial charge in [-0.3, -0.25) is 0 Å². The van der Waals surface area contributed by atoms with Crippen molar-refractivity contribution in [2.75, 3.05) is 0 Å². The SMILES string of the molecule is CCCCCC[CH]C(C)(C)C(C)CC. The quantitative estimate of drug-likeness (QED) is 0.467. The molecule has 0 aliphatic rings. The molecule has 0 aromatic rings. The normalized spacial score (nSPS) is 14.4. The third kappa shape index (κ3) is 5.67. The van der Waals surface area contributed by atoms with Crippen molar-refractivity contribution in [3.05, 3.63) is 6.42 Å². The molecule has 0 aromatic carbocycles. The largest absolute Gasteiger partial charge is 0.0654 e. The van der Waals surface area contributed by atoms with E-state index < -0.39 is 0 Å². The van der Waals surface area contributed by atoms with Crippen molar-refractivity contribution in [1.29, 1.82) is 0 Å². The van der Waals surface area contributed by atoms with Crippen LogP contribution in [0.15, 0.2) is 0 Å². The van der Waals surface area contributed by atoms with E-state index in [1.807, 2.05) is 0 Å². The third-order valence-corrected chi connectivity index (χ3v) is 3.61. The van der Waals surface area contributed by atoms with Gasteiger partial charge in [-0.25, -0.2) is 0 Å². The second kappa shape index (κ2) is 7.31. The summed E-state index contributed by atoms with van der Waals surface area (Å²) >= 11 is 0. The summed E-state index contributed by atoms with van der Waals surface area (Å²) in [5.74, 6) is 0.814. The Balaban J connectivity index is 3.55. The van der Waals surface area contributed by atoms with E-state index in [-0.39, 0.29) is 0 Å². The average Bonchev–Trinajstić information content (AvgIpc) is 2.16. The third-order valence-electron chi connectivity index (χ3n) is 3.61. The molecule has 1 radical (unpaired) electrons. The molecule has 0 saturated heterocycles. The fourth-order valence-electron chi connectivity index (χ4n) is 1.77. The minimum Gasteiger partial charge on any atom is -0.0654 e. The molecule has 1 atom stereocenters. The van der Waals surface area contributed by atoms with Crippen molar-refractivity contribution < 1.29 is 0 Å². The number of unbranched alkanes of at least 4 members (excludes halogenated alkanes) is 4. The summed E-state index contributed by atoms with van der Waals surface area (Å²) in [6.07, 6.45) is 10.7. The second-order valence-corrected chi connectivity index (χ2v) is 5.18. The molecule has 0 aliphatic heterocycles. The lowest BCUT2D eigenvalue weighted by atomic mass is 9.75. The predicted molar refractivity (Wildman–Crippen MR) is 66.3 cm³/mol. The Bertz CT molecular complexity index is 124. The molecule has 0 aliphatic carbocycles. The van der Waals surface area contributed by atoms with E-state index in [9.17, 15) is 0 Å². The lowest BCUT2D eigenvalue weighted by Crippen LogP contribution is -2.21. The Kier molecular flexibility index (Phi) is 7.31. The van der Waals surface area contributed by atoms with Crippen LogP contribution in [-0.2, 0) is 0 Å². The monoisotopic (exact) mass is 197 g/mol. The summed E-state index contributed by atoms with van der Waals surface area (Å²) in [6, 6.07) is 0. The summed E-state index contributed by atoms with van der Waals surface area (Å²) < 4.78 is 0. The molecule has 0 bridgehead atoms. The molecular formula is C14H29. The fourth-order valence-corrected chi connectivity index (χ4v) is 1.77. The molecule has 14 heavy (non-hydrogen) atoms. The Morgan fingerprint density at radius 3 is 2.21 bits per heavy atom. The van der Waals surface area contributed by atoms with Gasteiger partial charge in [-0.05, 0) is 24.2 Å². The highest BCUT2D eigenvalue weighted by Crippen LogP contribution is 2.33. The van der Waals surface area contributed by atoms with Gasteiger partial charge in [0.15, 0.2) is 0 Å². The lowest BCUT2D eigenvalue weighted by Gasteiger charge is -2.31. The lowest BCUT2D eigenvalue weighted by molar-refractivity contribution is 0.263. The van der Waals surface area contributed by atoms with Crippen LogP contribution in [0, 0.1) is 17.8 Å². The van der Waals surface area contributed by atoms with Gasteiger partial charge >= 0.3 is 0 Å². The Hall–Kier alpha value is 0. The highest BCUT2D eigenvalue weighted by Gasteiger charge is 2.23. The van der Waals surface area contributed by atoms with E-state index >= 15 is 0 Å². The second-order valence-electron chi connectivity index (χ2n) is 5.18. The Morgan fingerprint density at radius 1 is 1.07 bits per heavy atom. The molecule has 0 heterocycles. The van der Waals surface area contributed by atoms with Crippen molar-refractivity contribution in [3.63, 3.8) is 0 Å². The number of rotatable bonds is 8. The molecule has 0 amide bonds. The van der Waals surface area contributed by atoms with Gasteiger partial charge < -0.3 is 0 Å². The maximum absolute atomic E-state index is 2.54. The highest BCUT2D eigenvalue weighted by atomic mass is 14.3. The smallest absolute Gasteiger partial charge is 0.0297 e. The van der Waals surface area contributed by atoms with Crippen LogP contribution in [0.25, 0.3) is 0 Å². The number of hydrogen-bond acceptors (Lipinski definition) is 0. The number of hydrogen-bond donors (Lipinski definition) is 0. The van der Waals surface area contributed by atoms with E-state index in [4.69, 9.17) is 0 Å². The first-order valence-electron chi connectivity index (χ1n) is 6.39. The molecule has 0 heteroatoms. The Labute approximate surface area is 91.5 Å². The van der Waals surface area contributed by atoms with E-state index in [1.54, 1.807) is 0 Å². The van der Waals surface area contributed by atoms with Gasteiger partial charge in [0.2, 0.25) is 0 Å². The molecule has 0 nitrogen and oxygen atoms in total. The molecule has 0 rings (SSSR count). The van der Waals surface area contributed by atoms with Gasteiger partial charge in [0, 0.05) is 0 Å². The molecule has 0 fully saturated rings. The molecule has 0 N–H and O–H groups in total. The minimum absolute atomic E-state index is 0.432. The van der Waals surface area contributed by atoms with Crippen LogP contribution in [0.1, 0.15) is 73.1 Å². The first-order valence-corrected chi connectivity index (χ1v) is 6.39. The van der Waals surface area contributed by atoms with E-state index in [0.717, 1.165) is 5.92 Å². The molecule has 1 unspecified atom stereocenters. The average molecular weight is 197 g/mol. The maximum atomic E-state index is 2.54. The first-order chi connectivity index (χ1) is 6.54. The first kappa shape index (κ1) is 14.0. The minimum atomic E-state index is 0.432. The van der Waals surface area contributed by atoms with E-state index in [2.05, 4.69) is 41.0 Å². The zero-order chi connectivity index (χ0) is 11.0. The van der Waals surface area contributed by atoms with E-state index in [0.29, 0.717) is 5.41 Å². The molecule has 0 aromatic heterocycles. The topological polar surface area (TPSA) is 0 Å². The van der Waals surface area contributed by atoms with Crippen LogP contribution in [0.3, 0.4) is 0 Å². The molecule has 0 saturated carbocycles. The van der Waals surface area contributed by atoms with Gasteiger partial charge in [0.1, 0.15) is 0 Å². The van der Waals surface area contributed by atoms with Gasteiger partial charge in [-0.2, -0.15) is 0 Å². The van der Waals surface area contributed by atoms with Crippen LogP contribution in [0.2, 0.25) is 0 Å². The maximum Gasteiger partial charge on any atom is -0.0297 e. The summed E-state index contributed by atoms with van der Waals surface area (Å²) in [7, 11) is 0. The van der Waals surface area contributed by atoms with Gasteiger partial charge in [-0.1, -0.05) is 66.7 Å². The van der Waals surface area contributed by atoms with Gasteiger partial charge in [0.05, 0.1) is 0 Å². The molecule has 0 spiro atoms. The molecule has 85 valence electrons. The van der Waals surface area contributed by atoms with Crippen LogP contribution in [0.4, 0.5) is 0 Å².